The fraction of sp³-hybridized carbons (Fsp3) is 0.519. The Bertz CT molecular complexity index is 803. The Kier molecular flexibility index (Phi) is 10.7. The van der Waals surface area contributed by atoms with E-state index in [0.717, 1.165) is 24.0 Å². The Balaban J connectivity index is 0.000000400. The molecular formula is C27H37F2NO. The third-order valence-corrected chi connectivity index (χ3v) is 5.61. The summed E-state index contributed by atoms with van der Waals surface area (Å²) in [5.74, 6) is 2.62. The summed E-state index contributed by atoms with van der Waals surface area (Å²) in [4.78, 5) is 14.3. The molecule has 1 saturated carbocycles. The van der Waals surface area contributed by atoms with E-state index < -0.39 is 5.67 Å². The van der Waals surface area contributed by atoms with Gasteiger partial charge in [-0.05, 0) is 44.9 Å². The monoisotopic (exact) mass is 429 g/mol. The van der Waals surface area contributed by atoms with Gasteiger partial charge >= 0.3 is 0 Å². The van der Waals surface area contributed by atoms with Gasteiger partial charge in [0.1, 0.15) is 11.5 Å². The van der Waals surface area contributed by atoms with E-state index in [0.29, 0.717) is 37.1 Å². The first-order valence-corrected chi connectivity index (χ1v) is 11.3. The minimum Gasteiger partial charge on any atom is -0.358 e. The van der Waals surface area contributed by atoms with E-state index in [2.05, 4.69) is 5.92 Å². The van der Waals surface area contributed by atoms with Crippen molar-refractivity contribution in [3.05, 3.63) is 58.6 Å². The van der Waals surface area contributed by atoms with Gasteiger partial charge in [0, 0.05) is 30.9 Å². The molecular weight excluding hydrogens is 392 g/mol. The van der Waals surface area contributed by atoms with Gasteiger partial charge in [-0.1, -0.05) is 56.9 Å². The van der Waals surface area contributed by atoms with Crippen LogP contribution in [0.5, 0.6) is 0 Å². The van der Waals surface area contributed by atoms with Gasteiger partial charge in [0.25, 0.3) is 0 Å². The molecule has 2 aliphatic heterocycles. The molecule has 3 aliphatic rings. The number of nitrogens with zero attached hydrogens (tertiary/aromatic N) is 1. The number of ketones is 1. The van der Waals surface area contributed by atoms with Gasteiger partial charge in [-0.25, -0.2) is 8.78 Å². The number of carbonyl (C=O) groups excluding carboxylic acids is 1. The number of rotatable bonds is 6. The Hall–Kier alpha value is -2.41. The Morgan fingerprint density at radius 1 is 1.26 bits per heavy atom. The number of Topliss-reactive ketones (excluding diaryl/α,β-unsaturated/α-hetero) is 1. The molecule has 0 aromatic heterocycles. The van der Waals surface area contributed by atoms with Crippen molar-refractivity contribution < 1.29 is 13.6 Å². The number of alkyl halides is 1. The van der Waals surface area contributed by atoms with Crippen LogP contribution in [0, 0.1) is 25.1 Å². The van der Waals surface area contributed by atoms with Crippen LogP contribution in [0.4, 0.5) is 8.78 Å². The summed E-state index contributed by atoms with van der Waals surface area (Å²) in [6.45, 7) is 12.3. The van der Waals surface area contributed by atoms with Crippen LogP contribution in [-0.4, -0.2) is 28.9 Å². The minimum absolute atomic E-state index is 0.131. The third-order valence-electron chi connectivity index (χ3n) is 5.61. The van der Waals surface area contributed by atoms with Crippen LogP contribution in [0.1, 0.15) is 72.3 Å². The molecule has 4 rings (SSSR count). The second-order valence-electron chi connectivity index (χ2n) is 8.03. The van der Waals surface area contributed by atoms with E-state index in [-0.39, 0.29) is 17.6 Å². The Morgan fingerprint density at radius 2 is 1.84 bits per heavy atom. The van der Waals surface area contributed by atoms with Crippen LogP contribution < -0.4 is 0 Å². The molecule has 0 unspecified atom stereocenters. The summed E-state index contributed by atoms with van der Waals surface area (Å²) >= 11 is 0. The summed E-state index contributed by atoms with van der Waals surface area (Å²) in [5, 5.41) is 0. The lowest BCUT2D eigenvalue weighted by Crippen LogP contribution is -2.36. The second-order valence-corrected chi connectivity index (χ2v) is 8.03. The quantitative estimate of drug-likeness (QED) is 0.277. The fourth-order valence-electron chi connectivity index (χ4n) is 3.72. The molecule has 2 bridgehead atoms. The zero-order chi connectivity index (χ0) is 23.6. The third kappa shape index (κ3) is 7.35. The average molecular weight is 430 g/mol. The lowest BCUT2D eigenvalue weighted by atomic mass is 9.83. The maximum Gasteiger partial charge on any atom is 0.162 e. The molecule has 1 aromatic carbocycles. The molecule has 1 aromatic rings. The smallest absolute Gasteiger partial charge is 0.162 e. The summed E-state index contributed by atoms with van der Waals surface area (Å²) in [6.07, 6.45) is 10.7. The molecule has 31 heavy (non-hydrogen) atoms. The number of fused-ring (bicyclic) bond motifs is 1. The van der Waals surface area contributed by atoms with Gasteiger partial charge in [-0.15, -0.1) is 6.42 Å². The van der Waals surface area contributed by atoms with Crippen molar-refractivity contribution >= 4 is 5.78 Å². The number of carbonyl (C=O) groups is 1. The van der Waals surface area contributed by atoms with E-state index in [9.17, 15) is 13.6 Å². The molecule has 2 nitrogen and oxygen atoms in total. The summed E-state index contributed by atoms with van der Waals surface area (Å²) in [5.41, 5.74) is 2.44. The van der Waals surface area contributed by atoms with Crippen molar-refractivity contribution in [2.75, 3.05) is 6.54 Å². The predicted octanol–water partition coefficient (Wildman–Crippen LogP) is 6.95. The lowest BCUT2D eigenvalue weighted by molar-refractivity contribution is -0.115. The number of hydrogen-bond donors (Lipinski definition) is 0. The van der Waals surface area contributed by atoms with Crippen LogP contribution in [0.3, 0.4) is 0 Å². The van der Waals surface area contributed by atoms with Crippen LogP contribution in [0.2, 0.25) is 0 Å². The molecule has 0 atom stereocenters. The van der Waals surface area contributed by atoms with Crippen LogP contribution >= 0.6 is 0 Å². The first kappa shape index (κ1) is 26.6. The zero-order valence-corrected chi connectivity index (χ0v) is 19.9. The first-order valence-electron chi connectivity index (χ1n) is 11.3. The van der Waals surface area contributed by atoms with Crippen molar-refractivity contribution in [1.29, 1.82) is 0 Å². The van der Waals surface area contributed by atoms with Crippen LogP contribution in [-0.2, 0) is 4.79 Å². The summed E-state index contributed by atoms with van der Waals surface area (Å²) in [6, 6.07) is 6.61. The SMILES string of the molecule is C#C/C(=C\C(C(=O)CCC)=C(C)CC)N1CC2(F)CC1C2.CC.Cc1ccc(F)cc1. The predicted molar refractivity (Wildman–Crippen MR) is 126 cm³/mol. The summed E-state index contributed by atoms with van der Waals surface area (Å²) < 4.78 is 26.1. The van der Waals surface area contributed by atoms with Gasteiger partial charge in [0.15, 0.2) is 5.78 Å². The van der Waals surface area contributed by atoms with Crippen LogP contribution in [0.15, 0.2) is 47.2 Å². The molecule has 4 heteroatoms. The van der Waals surface area contributed by atoms with E-state index >= 15 is 0 Å². The molecule has 2 heterocycles. The first-order chi connectivity index (χ1) is 14.7. The van der Waals surface area contributed by atoms with E-state index in [1.165, 1.54) is 12.1 Å². The largest absolute Gasteiger partial charge is 0.358 e. The highest BCUT2D eigenvalue weighted by Gasteiger charge is 2.56. The normalized spacial score (nSPS) is 22.1. The van der Waals surface area contributed by atoms with Gasteiger partial charge in [-0.3, -0.25) is 4.79 Å². The highest BCUT2D eigenvalue weighted by atomic mass is 19.1. The topological polar surface area (TPSA) is 20.3 Å². The molecule has 170 valence electrons. The molecule has 0 radical (unpaired) electrons. The fourth-order valence-corrected chi connectivity index (χ4v) is 3.72. The van der Waals surface area contributed by atoms with Gasteiger partial charge < -0.3 is 4.90 Å². The van der Waals surface area contributed by atoms with E-state index in [4.69, 9.17) is 6.42 Å². The van der Waals surface area contributed by atoms with Gasteiger partial charge in [0.05, 0.1) is 12.2 Å². The Labute approximate surface area is 187 Å². The standard InChI is InChI=1S/C18H24FNO.C7H7F.C2H6/c1-5-8-17(21)16(13(4)6-2)9-14(7-3)20-12-18(19)10-15(20)11-18;1-6-2-4-7(8)5-3-6;1-2/h3,9,15H,5-6,8,10-12H2,1-2,4H3;2-5H,1H3;1-2H3/b14-9+,16-13?;;. The number of hydrogen-bond acceptors (Lipinski definition) is 2. The van der Waals surface area contributed by atoms with Crippen molar-refractivity contribution in [3.8, 4) is 12.3 Å². The number of allylic oxidation sites excluding steroid dienone is 4. The second kappa shape index (κ2) is 12.4. The zero-order valence-electron chi connectivity index (χ0n) is 19.9. The van der Waals surface area contributed by atoms with Crippen molar-refractivity contribution in [2.24, 2.45) is 0 Å². The van der Waals surface area contributed by atoms with Crippen molar-refractivity contribution in [2.45, 2.75) is 85.4 Å². The van der Waals surface area contributed by atoms with E-state index in [1.807, 2.05) is 46.4 Å². The van der Waals surface area contributed by atoms with Gasteiger partial charge in [0.2, 0.25) is 0 Å². The molecule has 3 fully saturated rings. The maximum absolute atomic E-state index is 14.0. The number of aryl methyl sites for hydroxylation is 1. The maximum atomic E-state index is 14.0. The molecule has 0 amide bonds. The highest BCUT2D eigenvalue weighted by Crippen LogP contribution is 2.49. The number of benzene rings is 1. The molecule has 0 N–H and O–H groups in total. The summed E-state index contributed by atoms with van der Waals surface area (Å²) in [7, 11) is 0. The Morgan fingerprint density at radius 3 is 2.23 bits per heavy atom. The lowest BCUT2D eigenvalue weighted by Gasteiger charge is -2.30. The van der Waals surface area contributed by atoms with Crippen molar-refractivity contribution in [3.63, 3.8) is 0 Å². The molecule has 1 aliphatic carbocycles. The number of halogens is 2. The average Bonchev–Trinajstić information content (AvgIpc) is 3.26. The van der Waals surface area contributed by atoms with E-state index in [1.54, 1.807) is 18.2 Å². The molecule has 0 spiro atoms. The molecule has 2 saturated heterocycles. The minimum atomic E-state index is -1.06. The van der Waals surface area contributed by atoms with Gasteiger partial charge in [-0.2, -0.15) is 0 Å². The van der Waals surface area contributed by atoms with Crippen LogP contribution in [0.25, 0.3) is 0 Å². The highest BCUT2D eigenvalue weighted by molar-refractivity contribution is 5.98. The van der Waals surface area contributed by atoms with Crippen molar-refractivity contribution in [1.82, 2.24) is 4.90 Å². The number of terminal acetylenes is 1.